The fourth-order valence-electron chi connectivity index (χ4n) is 4.38. The maximum absolute atomic E-state index is 11.9. The number of fused-ring (bicyclic) bond motifs is 1. The molecule has 0 bridgehead atoms. The third-order valence-corrected chi connectivity index (χ3v) is 6.75. The lowest BCUT2D eigenvalue weighted by Crippen LogP contribution is -2.36. The van der Waals surface area contributed by atoms with Crippen molar-refractivity contribution in [1.29, 1.82) is 0 Å². The molecule has 2 aromatic carbocycles. The van der Waals surface area contributed by atoms with Gasteiger partial charge in [-0.25, -0.2) is 0 Å². The second-order valence-corrected chi connectivity index (χ2v) is 8.88. The number of hydrogen-bond acceptors (Lipinski definition) is 3. The van der Waals surface area contributed by atoms with Gasteiger partial charge in [0.25, 0.3) is 5.56 Å². The molecule has 29 heavy (non-hydrogen) atoms. The van der Waals surface area contributed by atoms with E-state index in [2.05, 4.69) is 36.2 Å². The number of H-pyrrole nitrogens is 1. The summed E-state index contributed by atoms with van der Waals surface area (Å²) in [5.74, 6) is 1.12. The Morgan fingerprint density at radius 1 is 1.21 bits per heavy atom. The van der Waals surface area contributed by atoms with Crippen LogP contribution >= 0.6 is 11.6 Å². The van der Waals surface area contributed by atoms with Crippen molar-refractivity contribution in [2.45, 2.75) is 38.6 Å². The van der Waals surface area contributed by atoms with Gasteiger partial charge < -0.3 is 15.5 Å². The predicted molar refractivity (Wildman–Crippen MR) is 119 cm³/mol. The van der Waals surface area contributed by atoms with E-state index < -0.39 is 0 Å². The van der Waals surface area contributed by atoms with Gasteiger partial charge in [-0.15, -0.1) is 0 Å². The molecule has 1 fully saturated rings. The molecule has 0 radical (unpaired) electrons. The largest absolute Gasteiger partial charge is 0.492 e. The second-order valence-electron chi connectivity index (χ2n) is 8.47. The Kier molecular flexibility index (Phi) is 5.66. The summed E-state index contributed by atoms with van der Waals surface area (Å²) in [6.07, 6.45) is 5.97. The number of nitrogens with one attached hydrogen (secondary N) is 1. The minimum Gasteiger partial charge on any atom is -0.492 e. The van der Waals surface area contributed by atoms with E-state index in [-0.39, 0.29) is 17.0 Å². The van der Waals surface area contributed by atoms with E-state index in [4.69, 9.17) is 22.1 Å². The maximum atomic E-state index is 11.9. The molecular weight excluding hydrogens is 384 g/mol. The van der Waals surface area contributed by atoms with Crippen LogP contribution in [-0.4, -0.2) is 11.6 Å². The smallest absolute Gasteiger partial charge is 0.255 e. The molecule has 1 aliphatic rings. The lowest BCUT2D eigenvalue weighted by molar-refractivity contribution is 0.106. The fourth-order valence-corrected chi connectivity index (χ4v) is 4.60. The van der Waals surface area contributed by atoms with Crippen molar-refractivity contribution in [3.05, 3.63) is 75.7 Å². The molecule has 3 aromatic rings. The average Bonchev–Trinajstić information content (AvgIpc) is 2.74. The van der Waals surface area contributed by atoms with E-state index in [9.17, 15) is 4.79 Å². The van der Waals surface area contributed by atoms with Gasteiger partial charge in [0.2, 0.25) is 0 Å². The van der Waals surface area contributed by atoms with Gasteiger partial charge in [0, 0.05) is 17.6 Å². The molecule has 5 heteroatoms. The zero-order valence-electron chi connectivity index (χ0n) is 16.7. The van der Waals surface area contributed by atoms with Crippen LogP contribution < -0.4 is 16.0 Å². The summed E-state index contributed by atoms with van der Waals surface area (Å²) in [4.78, 5) is 14.6. The van der Waals surface area contributed by atoms with Gasteiger partial charge in [-0.3, -0.25) is 4.79 Å². The van der Waals surface area contributed by atoms with Crippen LogP contribution in [0.25, 0.3) is 10.8 Å². The van der Waals surface area contributed by atoms with E-state index in [1.165, 1.54) is 5.56 Å². The van der Waals surface area contributed by atoms with Crippen LogP contribution in [0.5, 0.6) is 5.75 Å². The van der Waals surface area contributed by atoms with Crippen molar-refractivity contribution in [1.82, 2.24) is 4.98 Å². The van der Waals surface area contributed by atoms with Gasteiger partial charge in [-0.05, 0) is 66.2 Å². The Morgan fingerprint density at radius 3 is 2.66 bits per heavy atom. The summed E-state index contributed by atoms with van der Waals surface area (Å²) >= 11 is 6.35. The molecule has 4 rings (SSSR count). The standard InChI is InChI=1S/C24H27ClN2O2/c1-24(22(26)17-5-3-2-4-6-17)10-7-16(8-11-24)15-29-21-13-18-9-12-27-23(28)19(18)14-20(21)25/h2-6,9,12-14,16,22H,7-8,10-11,15,26H2,1H3,(H,27,28). The van der Waals surface area contributed by atoms with Gasteiger partial charge in [0.05, 0.1) is 11.6 Å². The quantitative estimate of drug-likeness (QED) is 0.587. The first-order valence-corrected chi connectivity index (χ1v) is 10.6. The van der Waals surface area contributed by atoms with E-state index >= 15 is 0 Å². The van der Waals surface area contributed by atoms with Gasteiger partial charge in [-0.2, -0.15) is 0 Å². The Morgan fingerprint density at radius 2 is 1.93 bits per heavy atom. The SMILES string of the molecule is CC1(C(N)c2ccccc2)CCC(COc2cc3cc[nH]c(=O)c3cc2Cl)CC1. The first-order chi connectivity index (χ1) is 14.0. The summed E-state index contributed by atoms with van der Waals surface area (Å²) in [5, 5.41) is 1.88. The van der Waals surface area contributed by atoms with Crippen molar-refractivity contribution in [3.8, 4) is 5.75 Å². The van der Waals surface area contributed by atoms with E-state index in [1.54, 1.807) is 12.3 Å². The van der Waals surface area contributed by atoms with Crippen LogP contribution in [0.3, 0.4) is 0 Å². The van der Waals surface area contributed by atoms with Crippen LogP contribution in [0.4, 0.5) is 0 Å². The van der Waals surface area contributed by atoms with Crippen molar-refractivity contribution < 1.29 is 4.74 Å². The molecule has 0 spiro atoms. The van der Waals surface area contributed by atoms with Gasteiger partial charge in [0.1, 0.15) is 5.75 Å². The monoisotopic (exact) mass is 410 g/mol. The zero-order valence-corrected chi connectivity index (χ0v) is 17.4. The average molecular weight is 411 g/mol. The number of rotatable bonds is 5. The molecule has 0 aliphatic heterocycles. The second kappa shape index (κ2) is 8.21. The van der Waals surface area contributed by atoms with Crippen LogP contribution in [0.2, 0.25) is 5.02 Å². The third-order valence-electron chi connectivity index (χ3n) is 6.46. The van der Waals surface area contributed by atoms with Crippen LogP contribution in [-0.2, 0) is 0 Å². The lowest BCUT2D eigenvalue weighted by atomic mass is 9.66. The molecule has 4 nitrogen and oxygen atoms in total. The first-order valence-electron chi connectivity index (χ1n) is 10.2. The highest BCUT2D eigenvalue weighted by Gasteiger charge is 2.37. The summed E-state index contributed by atoms with van der Waals surface area (Å²) in [6, 6.07) is 15.8. The number of ether oxygens (including phenoxy) is 1. The molecule has 1 unspecified atom stereocenters. The highest BCUT2D eigenvalue weighted by molar-refractivity contribution is 6.32. The van der Waals surface area contributed by atoms with Crippen molar-refractivity contribution in [3.63, 3.8) is 0 Å². The zero-order chi connectivity index (χ0) is 20.4. The normalized spacial score (nSPS) is 23.1. The van der Waals surface area contributed by atoms with Crippen LogP contribution in [0.1, 0.15) is 44.2 Å². The molecule has 1 heterocycles. The molecule has 1 saturated carbocycles. The van der Waals surface area contributed by atoms with Crippen molar-refractivity contribution >= 4 is 22.4 Å². The topological polar surface area (TPSA) is 68.1 Å². The number of halogens is 1. The van der Waals surface area contributed by atoms with Gasteiger partial charge >= 0.3 is 0 Å². The molecule has 0 amide bonds. The molecule has 0 saturated heterocycles. The van der Waals surface area contributed by atoms with Crippen LogP contribution in [0.15, 0.2) is 59.5 Å². The van der Waals surface area contributed by atoms with Crippen LogP contribution in [0, 0.1) is 11.3 Å². The summed E-state index contributed by atoms with van der Waals surface area (Å²) < 4.78 is 6.06. The molecule has 152 valence electrons. The first kappa shape index (κ1) is 20.0. The van der Waals surface area contributed by atoms with E-state index in [0.717, 1.165) is 31.1 Å². The highest BCUT2D eigenvalue weighted by atomic mass is 35.5. The molecule has 1 aromatic heterocycles. The van der Waals surface area contributed by atoms with Crippen molar-refractivity contribution in [2.75, 3.05) is 6.61 Å². The highest BCUT2D eigenvalue weighted by Crippen LogP contribution is 2.46. The number of pyridine rings is 1. The third kappa shape index (κ3) is 4.19. The molecule has 3 N–H and O–H groups in total. The number of aromatic nitrogens is 1. The number of hydrogen-bond donors (Lipinski definition) is 2. The molecular formula is C24H27ClN2O2. The van der Waals surface area contributed by atoms with Gasteiger partial charge in [0.15, 0.2) is 0 Å². The predicted octanol–water partition coefficient (Wildman–Crippen LogP) is 5.46. The lowest BCUT2D eigenvalue weighted by Gasteiger charge is -2.41. The molecule has 1 atom stereocenters. The summed E-state index contributed by atoms with van der Waals surface area (Å²) in [5.41, 5.74) is 7.80. The number of nitrogens with two attached hydrogens (primary N) is 1. The Hall–Kier alpha value is -2.30. The molecule has 1 aliphatic carbocycles. The Labute approximate surface area is 176 Å². The number of benzene rings is 2. The number of aromatic amines is 1. The summed E-state index contributed by atoms with van der Waals surface area (Å²) in [7, 11) is 0. The minimum atomic E-state index is -0.141. The van der Waals surface area contributed by atoms with E-state index in [0.29, 0.717) is 28.7 Å². The van der Waals surface area contributed by atoms with Crippen molar-refractivity contribution in [2.24, 2.45) is 17.1 Å². The summed E-state index contributed by atoms with van der Waals surface area (Å²) in [6.45, 7) is 2.94. The Balaban J connectivity index is 1.38. The minimum absolute atomic E-state index is 0.0543. The van der Waals surface area contributed by atoms with Gasteiger partial charge in [-0.1, -0.05) is 48.9 Å². The van der Waals surface area contributed by atoms with E-state index in [1.807, 2.05) is 18.2 Å². The fraction of sp³-hybridized carbons (Fsp3) is 0.375. The maximum Gasteiger partial charge on any atom is 0.255 e. The Bertz CT molecular complexity index is 1040.